The van der Waals surface area contributed by atoms with E-state index in [1.807, 2.05) is 12.1 Å². The molecule has 1 aromatic heterocycles. The Labute approximate surface area is 146 Å². The van der Waals surface area contributed by atoms with Crippen LogP contribution in [0.25, 0.3) is 10.9 Å². The summed E-state index contributed by atoms with van der Waals surface area (Å²) in [5.41, 5.74) is 8.25. The quantitative estimate of drug-likeness (QED) is 0.884. The van der Waals surface area contributed by atoms with E-state index in [2.05, 4.69) is 21.3 Å². The van der Waals surface area contributed by atoms with E-state index in [9.17, 15) is 0 Å². The third-order valence-electron chi connectivity index (χ3n) is 4.91. The van der Waals surface area contributed by atoms with Crippen LogP contribution in [-0.2, 0) is 0 Å². The topological polar surface area (TPSA) is 85.5 Å². The van der Waals surface area contributed by atoms with Gasteiger partial charge in [0.05, 0.1) is 19.7 Å². The zero-order valence-electron chi connectivity index (χ0n) is 14.6. The number of benzene rings is 1. The molecule has 1 saturated heterocycles. The molecule has 1 aromatic carbocycles. The number of allylic oxidation sites excluding steroid dienone is 1. The number of ether oxygens (including phenoxy) is 2. The summed E-state index contributed by atoms with van der Waals surface area (Å²) in [6.45, 7) is 1.75. The van der Waals surface area contributed by atoms with E-state index < -0.39 is 0 Å². The molecule has 0 saturated carbocycles. The molecule has 0 bridgehead atoms. The molecule has 2 heterocycles. The van der Waals surface area contributed by atoms with Crippen molar-refractivity contribution in [1.82, 2.24) is 15.3 Å². The van der Waals surface area contributed by atoms with Crippen LogP contribution >= 0.6 is 0 Å². The Hall–Kier alpha value is -2.54. The van der Waals surface area contributed by atoms with E-state index in [0.29, 0.717) is 29.3 Å². The summed E-state index contributed by atoms with van der Waals surface area (Å²) in [6, 6.07) is 4.06. The van der Waals surface area contributed by atoms with Gasteiger partial charge in [-0.25, -0.2) is 4.98 Å². The highest BCUT2D eigenvalue weighted by Crippen LogP contribution is 2.35. The van der Waals surface area contributed by atoms with Gasteiger partial charge in [-0.15, -0.1) is 0 Å². The summed E-state index contributed by atoms with van der Waals surface area (Å²) < 4.78 is 10.7. The van der Waals surface area contributed by atoms with Gasteiger partial charge >= 0.3 is 0 Å². The SMILES string of the molecule is COc1cc2nc(N3CCNC4CCCC=C43)nc(N)c2cc1OC. The fourth-order valence-electron chi connectivity index (χ4n) is 3.65. The lowest BCUT2D eigenvalue weighted by atomic mass is 9.96. The molecule has 3 N–H and O–H groups in total. The second-order valence-corrected chi connectivity index (χ2v) is 6.35. The Morgan fingerprint density at radius 2 is 2.00 bits per heavy atom. The van der Waals surface area contributed by atoms with E-state index in [0.717, 1.165) is 36.8 Å². The van der Waals surface area contributed by atoms with E-state index >= 15 is 0 Å². The number of hydrogen-bond acceptors (Lipinski definition) is 7. The molecule has 25 heavy (non-hydrogen) atoms. The highest BCUT2D eigenvalue weighted by Gasteiger charge is 2.29. The number of aromatic nitrogens is 2. The number of nitrogens with zero attached hydrogens (tertiary/aromatic N) is 3. The Morgan fingerprint density at radius 3 is 2.80 bits per heavy atom. The van der Waals surface area contributed by atoms with Gasteiger partial charge in [0.2, 0.25) is 5.95 Å². The third-order valence-corrected chi connectivity index (χ3v) is 4.91. The largest absolute Gasteiger partial charge is 0.493 e. The lowest BCUT2D eigenvalue weighted by Crippen LogP contribution is -2.50. The van der Waals surface area contributed by atoms with Gasteiger partial charge in [-0.1, -0.05) is 6.08 Å². The van der Waals surface area contributed by atoms with Crippen LogP contribution in [0, 0.1) is 0 Å². The van der Waals surface area contributed by atoms with Gasteiger partial charge < -0.3 is 25.4 Å². The molecular formula is C18H23N5O2. The molecule has 1 atom stereocenters. The Bertz CT molecular complexity index is 836. The number of fused-ring (bicyclic) bond motifs is 2. The molecular weight excluding hydrogens is 318 g/mol. The summed E-state index contributed by atoms with van der Waals surface area (Å²) in [6.07, 6.45) is 5.75. The van der Waals surface area contributed by atoms with Crippen molar-refractivity contribution < 1.29 is 9.47 Å². The predicted octanol–water partition coefficient (Wildman–Crippen LogP) is 2.08. The maximum Gasteiger partial charge on any atom is 0.232 e. The molecule has 0 amide bonds. The van der Waals surface area contributed by atoms with Crippen LogP contribution < -0.4 is 25.4 Å². The summed E-state index contributed by atoms with van der Waals surface area (Å²) in [5, 5.41) is 4.34. The first-order chi connectivity index (χ1) is 12.2. The normalized spacial score (nSPS) is 20.2. The van der Waals surface area contributed by atoms with Gasteiger partial charge in [-0.2, -0.15) is 4.98 Å². The second kappa shape index (κ2) is 6.40. The first-order valence-electron chi connectivity index (χ1n) is 8.61. The van der Waals surface area contributed by atoms with Crippen LogP contribution in [0.5, 0.6) is 11.5 Å². The first-order valence-corrected chi connectivity index (χ1v) is 8.61. The van der Waals surface area contributed by atoms with Gasteiger partial charge in [0.25, 0.3) is 0 Å². The number of hydrogen-bond donors (Lipinski definition) is 2. The van der Waals surface area contributed by atoms with E-state index in [4.69, 9.17) is 20.2 Å². The van der Waals surface area contributed by atoms with Gasteiger partial charge in [-0.3, -0.25) is 0 Å². The van der Waals surface area contributed by atoms with Crippen molar-refractivity contribution >= 4 is 22.7 Å². The molecule has 132 valence electrons. The standard InChI is InChI=1S/C18H23N5O2/c1-24-15-9-11-13(10-16(15)25-2)21-18(22-17(11)19)23-8-7-20-12-5-3-4-6-14(12)23/h6,9-10,12,20H,3-5,7-8H2,1-2H3,(H2,19,21,22). The monoisotopic (exact) mass is 341 g/mol. The van der Waals surface area contributed by atoms with E-state index in [1.165, 1.54) is 12.1 Å². The van der Waals surface area contributed by atoms with Crippen molar-refractivity contribution in [2.75, 3.05) is 37.9 Å². The van der Waals surface area contributed by atoms with Crippen molar-refractivity contribution in [3.63, 3.8) is 0 Å². The lowest BCUT2D eigenvalue weighted by Gasteiger charge is -2.38. The molecule has 0 spiro atoms. The number of rotatable bonds is 3. The highest BCUT2D eigenvalue weighted by molar-refractivity contribution is 5.91. The summed E-state index contributed by atoms with van der Waals surface area (Å²) in [7, 11) is 3.22. The summed E-state index contributed by atoms with van der Waals surface area (Å²) >= 11 is 0. The zero-order valence-corrected chi connectivity index (χ0v) is 14.6. The highest BCUT2D eigenvalue weighted by atomic mass is 16.5. The number of methoxy groups -OCH3 is 2. The van der Waals surface area contributed by atoms with Crippen LogP contribution in [0.4, 0.5) is 11.8 Å². The smallest absolute Gasteiger partial charge is 0.232 e. The number of nitrogens with one attached hydrogen (secondary N) is 1. The van der Waals surface area contributed by atoms with E-state index in [1.54, 1.807) is 14.2 Å². The van der Waals surface area contributed by atoms with Crippen LogP contribution in [-0.4, -0.2) is 43.3 Å². The van der Waals surface area contributed by atoms with Crippen LogP contribution in [0.3, 0.4) is 0 Å². The maximum atomic E-state index is 6.24. The Balaban J connectivity index is 1.81. The molecule has 7 heteroatoms. The van der Waals surface area contributed by atoms with Crippen molar-refractivity contribution in [3.8, 4) is 11.5 Å². The summed E-state index contributed by atoms with van der Waals surface area (Å²) in [5.74, 6) is 2.36. The molecule has 4 rings (SSSR count). The molecule has 1 aliphatic carbocycles. The number of piperazine rings is 1. The van der Waals surface area contributed by atoms with Crippen molar-refractivity contribution in [2.24, 2.45) is 0 Å². The molecule has 0 radical (unpaired) electrons. The first kappa shape index (κ1) is 16.0. The van der Waals surface area contributed by atoms with E-state index in [-0.39, 0.29) is 0 Å². The Kier molecular flexibility index (Phi) is 4.09. The molecule has 1 aliphatic heterocycles. The summed E-state index contributed by atoms with van der Waals surface area (Å²) in [4.78, 5) is 11.5. The zero-order chi connectivity index (χ0) is 17.4. The number of nitrogen functional groups attached to an aromatic ring is 1. The minimum absolute atomic E-state index is 0.383. The average Bonchev–Trinajstić information content (AvgIpc) is 2.66. The average molecular weight is 341 g/mol. The lowest BCUT2D eigenvalue weighted by molar-refractivity contribution is 0.356. The molecule has 1 fully saturated rings. The fourth-order valence-corrected chi connectivity index (χ4v) is 3.65. The second-order valence-electron chi connectivity index (χ2n) is 6.35. The van der Waals surface area contributed by atoms with Crippen molar-refractivity contribution in [1.29, 1.82) is 0 Å². The Morgan fingerprint density at radius 1 is 1.20 bits per heavy atom. The van der Waals surface area contributed by atoms with Gasteiger partial charge in [0.15, 0.2) is 11.5 Å². The maximum absolute atomic E-state index is 6.24. The molecule has 1 unspecified atom stereocenters. The number of nitrogens with two attached hydrogens (primary N) is 1. The van der Waals surface area contributed by atoms with Crippen molar-refractivity contribution in [3.05, 3.63) is 23.9 Å². The van der Waals surface area contributed by atoms with Crippen LogP contribution in [0.2, 0.25) is 0 Å². The van der Waals surface area contributed by atoms with Gasteiger partial charge in [-0.05, 0) is 25.3 Å². The van der Waals surface area contributed by atoms with Crippen LogP contribution in [0.15, 0.2) is 23.9 Å². The minimum Gasteiger partial charge on any atom is -0.493 e. The molecule has 7 nitrogen and oxygen atoms in total. The van der Waals surface area contributed by atoms with Crippen molar-refractivity contribution in [2.45, 2.75) is 25.3 Å². The van der Waals surface area contributed by atoms with Gasteiger partial charge in [0.1, 0.15) is 5.82 Å². The fraction of sp³-hybridized carbons (Fsp3) is 0.444. The predicted molar refractivity (Wildman–Crippen MR) is 98.1 cm³/mol. The third kappa shape index (κ3) is 2.74. The van der Waals surface area contributed by atoms with Crippen LogP contribution in [0.1, 0.15) is 19.3 Å². The minimum atomic E-state index is 0.383. The molecule has 2 aromatic rings. The molecule has 2 aliphatic rings. The number of anilines is 2. The van der Waals surface area contributed by atoms with Gasteiger partial charge in [0, 0.05) is 36.3 Å².